The van der Waals surface area contributed by atoms with Crippen LogP contribution in [0.5, 0.6) is 5.75 Å². The quantitative estimate of drug-likeness (QED) is 0.807. The second-order valence-electron chi connectivity index (χ2n) is 3.81. The topological polar surface area (TPSA) is 67.4 Å². The minimum atomic E-state index is -4.76. The van der Waals surface area contributed by atoms with Crippen molar-refractivity contribution in [3.63, 3.8) is 0 Å². The maximum atomic E-state index is 11.9. The fourth-order valence-electron chi connectivity index (χ4n) is 1.32. The Balaban J connectivity index is 2.47. The molecule has 1 aromatic carbocycles. The van der Waals surface area contributed by atoms with E-state index >= 15 is 0 Å². The summed E-state index contributed by atoms with van der Waals surface area (Å²) in [7, 11) is 0. The van der Waals surface area contributed by atoms with Gasteiger partial charge in [-0.15, -0.1) is 13.2 Å². The fraction of sp³-hybridized carbons (Fsp3) is 0.333. The second-order valence-corrected chi connectivity index (χ2v) is 3.81. The molecule has 0 saturated carbocycles. The van der Waals surface area contributed by atoms with Gasteiger partial charge < -0.3 is 15.4 Å². The zero-order valence-corrected chi connectivity index (χ0v) is 10.6. The van der Waals surface area contributed by atoms with Gasteiger partial charge in [0.05, 0.1) is 0 Å². The van der Waals surface area contributed by atoms with E-state index in [9.17, 15) is 22.8 Å². The van der Waals surface area contributed by atoms with Crippen LogP contribution >= 0.6 is 0 Å². The Kier molecular flexibility index (Phi) is 5.36. The maximum absolute atomic E-state index is 11.9. The van der Waals surface area contributed by atoms with Crippen molar-refractivity contribution < 1.29 is 27.5 Å². The molecule has 2 amide bonds. The van der Waals surface area contributed by atoms with Crippen LogP contribution in [0.2, 0.25) is 0 Å². The molecule has 0 aliphatic carbocycles. The van der Waals surface area contributed by atoms with Crippen molar-refractivity contribution in [1.29, 1.82) is 0 Å². The van der Waals surface area contributed by atoms with Gasteiger partial charge in [-0.25, -0.2) is 0 Å². The maximum Gasteiger partial charge on any atom is 0.573 e. The van der Waals surface area contributed by atoms with Crippen LogP contribution in [0.15, 0.2) is 24.3 Å². The first-order chi connectivity index (χ1) is 9.28. The zero-order chi connectivity index (χ0) is 15.2. The summed E-state index contributed by atoms with van der Waals surface area (Å²) >= 11 is 0. The van der Waals surface area contributed by atoms with Gasteiger partial charge in [0, 0.05) is 25.6 Å². The summed E-state index contributed by atoms with van der Waals surface area (Å²) in [5, 5.41) is 4.99. The van der Waals surface area contributed by atoms with Crippen molar-refractivity contribution in [2.75, 3.05) is 13.1 Å². The summed E-state index contributed by atoms with van der Waals surface area (Å²) in [6.45, 7) is 1.84. The van der Waals surface area contributed by atoms with E-state index in [1.165, 1.54) is 19.1 Å². The van der Waals surface area contributed by atoms with Gasteiger partial charge in [0.15, 0.2) is 0 Å². The van der Waals surface area contributed by atoms with E-state index in [-0.39, 0.29) is 24.6 Å². The number of nitrogens with one attached hydrogen (secondary N) is 2. The Bertz CT molecular complexity index is 472. The molecule has 0 bridgehead atoms. The zero-order valence-electron chi connectivity index (χ0n) is 10.6. The molecule has 0 fully saturated rings. The van der Waals surface area contributed by atoms with Crippen LogP contribution < -0.4 is 15.4 Å². The van der Waals surface area contributed by atoms with E-state index < -0.39 is 18.0 Å². The number of amides is 2. The van der Waals surface area contributed by atoms with Crippen LogP contribution in [0.4, 0.5) is 13.2 Å². The number of carbonyl (C=O) groups is 2. The molecule has 5 nitrogen and oxygen atoms in total. The van der Waals surface area contributed by atoms with Crippen molar-refractivity contribution in [2.45, 2.75) is 13.3 Å². The minimum Gasteiger partial charge on any atom is -0.406 e. The van der Waals surface area contributed by atoms with Gasteiger partial charge in [-0.1, -0.05) is 0 Å². The van der Waals surface area contributed by atoms with Gasteiger partial charge in [0.2, 0.25) is 5.91 Å². The molecule has 2 N–H and O–H groups in total. The second kappa shape index (κ2) is 6.78. The third-order valence-electron chi connectivity index (χ3n) is 2.13. The number of halogens is 3. The number of alkyl halides is 3. The van der Waals surface area contributed by atoms with E-state index in [1.54, 1.807) is 0 Å². The molecule has 0 aliphatic rings. The van der Waals surface area contributed by atoms with E-state index in [1.807, 2.05) is 0 Å². The monoisotopic (exact) mass is 290 g/mol. The molecule has 0 atom stereocenters. The normalized spacial score (nSPS) is 10.8. The summed E-state index contributed by atoms with van der Waals surface area (Å²) in [4.78, 5) is 22.2. The molecule has 0 saturated heterocycles. The molecule has 1 aromatic rings. The van der Waals surface area contributed by atoms with Crippen molar-refractivity contribution in [3.05, 3.63) is 29.8 Å². The van der Waals surface area contributed by atoms with E-state index in [0.29, 0.717) is 0 Å². The van der Waals surface area contributed by atoms with E-state index in [4.69, 9.17) is 0 Å². The van der Waals surface area contributed by atoms with Crippen molar-refractivity contribution >= 4 is 11.8 Å². The third-order valence-corrected chi connectivity index (χ3v) is 2.13. The number of hydrogen-bond acceptors (Lipinski definition) is 3. The average Bonchev–Trinajstić information content (AvgIpc) is 2.33. The Hall–Kier alpha value is -2.25. The summed E-state index contributed by atoms with van der Waals surface area (Å²) in [5.41, 5.74) is 0.197. The predicted octanol–water partition coefficient (Wildman–Crippen LogP) is 1.45. The Labute approximate surface area is 113 Å². The van der Waals surface area contributed by atoms with Gasteiger partial charge >= 0.3 is 6.36 Å². The average molecular weight is 290 g/mol. The highest BCUT2D eigenvalue weighted by Crippen LogP contribution is 2.22. The SMILES string of the molecule is CC(=O)NCCNC(=O)c1ccc(OC(F)(F)F)cc1. The third kappa shape index (κ3) is 6.07. The number of carbonyl (C=O) groups excluding carboxylic acids is 2. The van der Waals surface area contributed by atoms with Crippen LogP contribution in [-0.4, -0.2) is 31.3 Å². The van der Waals surface area contributed by atoms with Crippen LogP contribution in [0.25, 0.3) is 0 Å². The molecule has 20 heavy (non-hydrogen) atoms. The van der Waals surface area contributed by atoms with E-state index in [0.717, 1.165) is 12.1 Å². The summed E-state index contributed by atoms with van der Waals surface area (Å²) < 4.78 is 39.5. The molecule has 1 rings (SSSR count). The molecule has 0 unspecified atom stereocenters. The Morgan fingerprint density at radius 2 is 1.65 bits per heavy atom. The van der Waals surface area contributed by atoms with Gasteiger partial charge in [-0.3, -0.25) is 9.59 Å². The molecular weight excluding hydrogens is 277 g/mol. The predicted molar refractivity (Wildman–Crippen MR) is 64.1 cm³/mol. The van der Waals surface area contributed by atoms with Crippen LogP contribution in [0, 0.1) is 0 Å². The first kappa shape index (κ1) is 15.8. The molecule has 0 radical (unpaired) electrons. The smallest absolute Gasteiger partial charge is 0.406 e. The van der Waals surface area contributed by atoms with Crippen molar-refractivity contribution in [3.8, 4) is 5.75 Å². The molecule has 0 aliphatic heterocycles. The summed E-state index contributed by atoms with van der Waals surface area (Å²) in [6, 6.07) is 4.54. The first-order valence-electron chi connectivity index (χ1n) is 5.66. The van der Waals surface area contributed by atoms with Crippen molar-refractivity contribution in [1.82, 2.24) is 10.6 Å². The highest BCUT2D eigenvalue weighted by molar-refractivity contribution is 5.94. The molecule has 8 heteroatoms. The van der Waals surface area contributed by atoms with Crippen LogP contribution in [0.1, 0.15) is 17.3 Å². The molecule has 0 aromatic heterocycles. The molecule has 110 valence electrons. The van der Waals surface area contributed by atoms with Gasteiger partial charge in [-0.2, -0.15) is 0 Å². The van der Waals surface area contributed by atoms with Crippen LogP contribution in [0.3, 0.4) is 0 Å². The standard InChI is InChI=1S/C12H13F3N2O3/c1-8(18)16-6-7-17-11(19)9-2-4-10(5-3-9)20-12(13,14)15/h2-5H,6-7H2,1H3,(H,16,18)(H,17,19). The van der Waals surface area contributed by atoms with Crippen molar-refractivity contribution in [2.24, 2.45) is 0 Å². The summed E-state index contributed by atoms with van der Waals surface area (Å²) in [6.07, 6.45) is -4.76. The number of ether oxygens (including phenoxy) is 1. The van der Waals surface area contributed by atoms with Gasteiger partial charge in [-0.05, 0) is 24.3 Å². The van der Waals surface area contributed by atoms with Crippen LogP contribution in [-0.2, 0) is 4.79 Å². The lowest BCUT2D eigenvalue weighted by atomic mass is 10.2. The largest absolute Gasteiger partial charge is 0.573 e. The number of hydrogen-bond donors (Lipinski definition) is 2. The molecule has 0 heterocycles. The van der Waals surface area contributed by atoms with Gasteiger partial charge in [0.1, 0.15) is 5.75 Å². The highest BCUT2D eigenvalue weighted by atomic mass is 19.4. The lowest BCUT2D eigenvalue weighted by Crippen LogP contribution is -2.33. The highest BCUT2D eigenvalue weighted by Gasteiger charge is 2.31. The fourth-order valence-corrected chi connectivity index (χ4v) is 1.32. The minimum absolute atomic E-state index is 0.197. The number of rotatable bonds is 5. The number of benzene rings is 1. The summed E-state index contributed by atoms with van der Waals surface area (Å²) in [5.74, 6) is -1.06. The Morgan fingerprint density at radius 1 is 1.10 bits per heavy atom. The van der Waals surface area contributed by atoms with Gasteiger partial charge in [0.25, 0.3) is 5.91 Å². The molecule has 0 spiro atoms. The van der Waals surface area contributed by atoms with E-state index in [2.05, 4.69) is 15.4 Å². The lowest BCUT2D eigenvalue weighted by Gasteiger charge is -2.09. The molecular formula is C12H13F3N2O3. The first-order valence-corrected chi connectivity index (χ1v) is 5.66. The lowest BCUT2D eigenvalue weighted by molar-refractivity contribution is -0.274. The Morgan fingerprint density at radius 3 is 2.15 bits per heavy atom.